The minimum absolute atomic E-state index is 0.0749. The number of nitro benzene ring substituents is 1. The fourth-order valence-corrected chi connectivity index (χ4v) is 2.15. The Balaban J connectivity index is 2.39. The Kier molecular flexibility index (Phi) is 4.43. The van der Waals surface area contributed by atoms with Gasteiger partial charge in [-0.25, -0.2) is 0 Å². The molecule has 0 amide bonds. The van der Waals surface area contributed by atoms with Crippen molar-refractivity contribution in [3.63, 3.8) is 0 Å². The zero-order valence-electron chi connectivity index (χ0n) is 10.1. The van der Waals surface area contributed by atoms with Gasteiger partial charge in [-0.2, -0.15) is 0 Å². The number of nitrogens with two attached hydrogens (primary N) is 1. The summed E-state index contributed by atoms with van der Waals surface area (Å²) in [5.74, 6) is 5.30. The average Bonchev–Trinajstić information content (AvgIpc) is 2.42. The van der Waals surface area contributed by atoms with Gasteiger partial charge in [0.05, 0.1) is 21.3 Å². The van der Waals surface area contributed by atoms with Gasteiger partial charge in [0.2, 0.25) is 0 Å². The Bertz CT molecular complexity index is 666. The minimum Gasteiger partial charge on any atom is -0.354 e. The van der Waals surface area contributed by atoms with Gasteiger partial charge in [-0.15, -0.1) is 0 Å². The van der Waals surface area contributed by atoms with Crippen molar-refractivity contribution in [1.82, 2.24) is 0 Å². The molecule has 0 unspecified atom stereocenters. The number of anilines is 3. The van der Waals surface area contributed by atoms with E-state index in [9.17, 15) is 10.1 Å². The molecule has 104 valence electrons. The van der Waals surface area contributed by atoms with Crippen molar-refractivity contribution in [3.05, 3.63) is 56.0 Å². The van der Waals surface area contributed by atoms with Crippen LogP contribution in [0.4, 0.5) is 22.7 Å². The van der Waals surface area contributed by atoms with Gasteiger partial charge < -0.3 is 10.7 Å². The highest BCUT2D eigenvalue weighted by Gasteiger charge is 2.10. The number of nitrogens with one attached hydrogen (secondary N) is 2. The molecule has 0 aliphatic carbocycles. The van der Waals surface area contributed by atoms with Crippen molar-refractivity contribution >= 4 is 50.3 Å². The molecule has 8 heteroatoms. The molecular weight excluding hydrogens is 348 g/mol. The lowest BCUT2D eigenvalue weighted by Crippen LogP contribution is -2.07. The number of benzene rings is 2. The maximum Gasteiger partial charge on any atom is 0.273 e. The van der Waals surface area contributed by atoms with Crippen molar-refractivity contribution in [3.8, 4) is 0 Å². The van der Waals surface area contributed by atoms with E-state index in [0.29, 0.717) is 22.1 Å². The van der Waals surface area contributed by atoms with Crippen LogP contribution in [0, 0.1) is 10.1 Å². The molecule has 2 rings (SSSR count). The number of nitro groups is 1. The van der Waals surface area contributed by atoms with Crippen molar-refractivity contribution in [2.75, 3.05) is 10.7 Å². The number of nitrogens with zero attached hydrogens (tertiary/aromatic N) is 1. The van der Waals surface area contributed by atoms with Crippen LogP contribution in [0.15, 0.2) is 40.9 Å². The lowest BCUT2D eigenvalue weighted by Gasteiger charge is -2.10. The third kappa shape index (κ3) is 3.38. The number of hydrogen-bond donors (Lipinski definition) is 3. The molecule has 0 radical (unpaired) electrons. The van der Waals surface area contributed by atoms with Crippen LogP contribution in [0.5, 0.6) is 0 Å². The van der Waals surface area contributed by atoms with Gasteiger partial charge in [0.25, 0.3) is 5.69 Å². The Labute approximate surface area is 128 Å². The van der Waals surface area contributed by atoms with E-state index >= 15 is 0 Å². The topological polar surface area (TPSA) is 93.2 Å². The lowest BCUT2D eigenvalue weighted by molar-refractivity contribution is -0.384. The smallest absolute Gasteiger partial charge is 0.273 e. The molecule has 0 aliphatic rings. The molecule has 0 atom stereocenters. The number of hydrogen-bond acceptors (Lipinski definition) is 5. The van der Waals surface area contributed by atoms with E-state index in [-0.39, 0.29) is 5.69 Å². The molecule has 0 saturated carbocycles. The number of nitrogen functional groups attached to an aromatic ring is 1. The van der Waals surface area contributed by atoms with E-state index in [1.807, 2.05) is 0 Å². The molecule has 0 heterocycles. The normalized spacial score (nSPS) is 10.2. The third-order valence-corrected chi connectivity index (χ3v) is 3.33. The van der Waals surface area contributed by atoms with Crippen molar-refractivity contribution in [1.29, 1.82) is 0 Å². The largest absolute Gasteiger partial charge is 0.354 e. The van der Waals surface area contributed by atoms with E-state index in [2.05, 4.69) is 26.7 Å². The second kappa shape index (κ2) is 6.08. The van der Waals surface area contributed by atoms with Gasteiger partial charge in [-0.1, -0.05) is 27.5 Å². The summed E-state index contributed by atoms with van der Waals surface area (Å²) in [7, 11) is 0. The Morgan fingerprint density at radius 2 is 1.90 bits per heavy atom. The lowest BCUT2D eigenvalue weighted by atomic mass is 10.2. The van der Waals surface area contributed by atoms with E-state index in [4.69, 9.17) is 17.4 Å². The summed E-state index contributed by atoms with van der Waals surface area (Å²) >= 11 is 9.40. The summed E-state index contributed by atoms with van der Waals surface area (Å²) < 4.78 is 0.840. The Morgan fingerprint density at radius 1 is 1.20 bits per heavy atom. The van der Waals surface area contributed by atoms with Gasteiger partial charge in [0.1, 0.15) is 0 Å². The maximum absolute atomic E-state index is 10.9. The Hall–Kier alpha value is -1.83. The molecule has 2 aromatic rings. The number of rotatable bonds is 4. The highest BCUT2D eigenvalue weighted by Crippen LogP contribution is 2.31. The summed E-state index contributed by atoms with van der Waals surface area (Å²) in [5.41, 5.74) is 3.87. The first-order chi connectivity index (χ1) is 9.49. The molecule has 0 aromatic heterocycles. The van der Waals surface area contributed by atoms with Crippen LogP contribution < -0.4 is 16.6 Å². The zero-order valence-corrected chi connectivity index (χ0v) is 12.4. The van der Waals surface area contributed by atoms with Crippen molar-refractivity contribution < 1.29 is 4.92 Å². The first kappa shape index (κ1) is 14.6. The molecule has 4 N–H and O–H groups in total. The minimum atomic E-state index is -0.492. The van der Waals surface area contributed by atoms with E-state index in [1.54, 1.807) is 24.3 Å². The second-order valence-electron chi connectivity index (χ2n) is 3.92. The summed E-state index contributed by atoms with van der Waals surface area (Å²) in [6, 6.07) is 9.67. The fraction of sp³-hybridized carbons (Fsp3) is 0. The van der Waals surface area contributed by atoms with Crippen LogP contribution in [0.3, 0.4) is 0 Å². The van der Waals surface area contributed by atoms with Gasteiger partial charge in [-0.3, -0.25) is 16.0 Å². The van der Waals surface area contributed by atoms with Crippen LogP contribution in [0.25, 0.3) is 0 Å². The first-order valence-electron chi connectivity index (χ1n) is 5.48. The molecule has 2 aromatic carbocycles. The number of halogens is 2. The predicted octanol–water partition coefficient (Wildman–Crippen LogP) is 4.04. The van der Waals surface area contributed by atoms with Crippen LogP contribution in [0.2, 0.25) is 5.02 Å². The summed E-state index contributed by atoms with van der Waals surface area (Å²) in [6.07, 6.45) is 0. The first-order valence-corrected chi connectivity index (χ1v) is 6.65. The standard InChI is InChI=1S/C12H10BrClN4O2/c13-7-1-2-11(14)12(3-7)16-8-4-9(17-15)6-10(5-8)18(19)20/h1-6,16-17H,15H2. The molecular formula is C12H10BrClN4O2. The van der Waals surface area contributed by atoms with Crippen LogP contribution in [0.1, 0.15) is 0 Å². The van der Waals surface area contributed by atoms with E-state index < -0.39 is 4.92 Å². The molecule has 6 nitrogen and oxygen atoms in total. The van der Waals surface area contributed by atoms with Crippen LogP contribution in [-0.2, 0) is 0 Å². The molecule has 20 heavy (non-hydrogen) atoms. The van der Waals surface area contributed by atoms with Crippen molar-refractivity contribution in [2.45, 2.75) is 0 Å². The molecule has 0 bridgehead atoms. The van der Waals surface area contributed by atoms with Gasteiger partial charge in [-0.05, 0) is 24.3 Å². The van der Waals surface area contributed by atoms with E-state index in [0.717, 1.165) is 4.47 Å². The molecule has 0 spiro atoms. The average molecular weight is 358 g/mol. The highest BCUT2D eigenvalue weighted by molar-refractivity contribution is 9.10. The molecule has 0 fully saturated rings. The zero-order chi connectivity index (χ0) is 14.7. The fourth-order valence-electron chi connectivity index (χ4n) is 1.62. The summed E-state index contributed by atoms with van der Waals surface area (Å²) in [6.45, 7) is 0. The predicted molar refractivity (Wildman–Crippen MR) is 83.3 cm³/mol. The Morgan fingerprint density at radius 3 is 2.55 bits per heavy atom. The number of non-ortho nitro benzene ring substituents is 1. The third-order valence-electron chi connectivity index (χ3n) is 2.50. The SMILES string of the molecule is NNc1cc(Nc2cc(Br)ccc2Cl)cc([N+](=O)[O-])c1. The number of hydrazine groups is 1. The monoisotopic (exact) mass is 356 g/mol. The van der Waals surface area contributed by atoms with Gasteiger partial charge >= 0.3 is 0 Å². The second-order valence-corrected chi connectivity index (χ2v) is 5.24. The molecule has 0 aliphatic heterocycles. The van der Waals surface area contributed by atoms with E-state index in [1.165, 1.54) is 12.1 Å². The van der Waals surface area contributed by atoms with Crippen LogP contribution in [-0.4, -0.2) is 4.92 Å². The summed E-state index contributed by atoms with van der Waals surface area (Å²) in [4.78, 5) is 10.4. The maximum atomic E-state index is 10.9. The van der Waals surface area contributed by atoms with Crippen molar-refractivity contribution in [2.24, 2.45) is 5.84 Å². The summed E-state index contributed by atoms with van der Waals surface area (Å²) in [5, 5.41) is 14.4. The van der Waals surface area contributed by atoms with Gasteiger partial charge in [0.15, 0.2) is 0 Å². The van der Waals surface area contributed by atoms with Crippen LogP contribution >= 0.6 is 27.5 Å². The highest BCUT2D eigenvalue weighted by atomic mass is 79.9. The quantitative estimate of drug-likeness (QED) is 0.436. The van der Waals surface area contributed by atoms with Gasteiger partial charge in [0, 0.05) is 22.3 Å². The molecule has 0 saturated heterocycles.